The molecule has 2 nitrogen and oxygen atoms in total. The molecular weight excluding hydrogens is 145 g/mol. The number of hydrogen-bond acceptors (Lipinski definition) is 2. The molecule has 0 aliphatic rings. The predicted octanol–water partition coefficient (Wildman–Crippen LogP) is 1.12. The van der Waals surface area contributed by atoms with Gasteiger partial charge in [0.25, 0.3) is 0 Å². The van der Waals surface area contributed by atoms with Crippen LogP contribution in [0.25, 0.3) is 0 Å². The number of aliphatic hydroxyl groups is 1. The third-order valence-electron chi connectivity index (χ3n) is 1.09. The molecule has 0 spiro atoms. The van der Waals surface area contributed by atoms with E-state index in [1.54, 1.807) is 12.2 Å². The minimum atomic E-state index is -0.0927. The molecule has 0 atom stereocenters. The number of allylic oxidation sites excluding steroid dienone is 2. The van der Waals surface area contributed by atoms with Crippen molar-refractivity contribution in [2.24, 2.45) is 0 Å². The second kappa shape index (κ2) is 7.18. The zero-order valence-electron chi connectivity index (χ0n) is 6.26. The molecule has 0 saturated heterocycles. The summed E-state index contributed by atoms with van der Waals surface area (Å²) in [4.78, 5) is 0. The van der Waals surface area contributed by atoms with E-state index in [0.29, 0.717) is 12.9 Å². The predicted molar refractivity (Wildman–Crippen MR) is 43.6 cm³/mol. The molecule has 0 aliphatic heterocycles. The quantitative estimate of drug-likeness (QED) is 0.463. The summed E-state index contributed by atoms with van der Waals surface area (Å²) in [6.07, 6.45) is 4.90. The summed E-state index contributed by atoms with van der Waals surface area (Å²) in [7, 11) is 0. The van der Waals surface area contributed by atoms with Gasteiger partial charge in [0.05, 0.1) is 13.1 Å². The van der Waals surface area contributed by atoms with E-state index in [4.69, 9.17) is 5.11 Å². The van der Waals surface area contributed by atoms with Crippen LogP contribution in [0.2, 0.25) is 0 Å². The van der Waals surface area contributed by atoms with Gasteiger partial charge in [-0.15, -0.1) is 0 Å². The molecule has 0 fully saturated rings. The van der Waals surface area contributed by atoms with Crippen LogP contribution in [0.5, 0.6) is 0 Å². The number of hydrogen-bond donors (Lipinski definition) is 2. The Balaban J connectivity index is 3.83. The van der Waals surface area contributed by atoms with E-state index in [0.717, 1.165) is 5.57 Å². The smallest absolute Gasteiger partial charge is 0.0934 e. The third kappa shape index (κ3) is 5.51. The van der Waals surface area contributed by atoms with Crippen molar-refractivity contribution in [2.75, 3.05) is 13.3 Å². The van der Waals surface area contributed by atoms with Crippen molar-refractivity contribution in [1.82, 2.24) is 5.32 Å². The molecule has 3 heteroatoms. The molecule has 0 heterocycles. The third-order valence-corrected chi connectivity index (χ3v) is 1.09. The lowest BCUT2D eigenvalue weighted by Crippen LogP contribution is -2.16. The minimum absolute atomic E-state index is 0.0927. The Morgan fingerprint density at radius 1 is 1.64 bits per heavy atom. The van der Waals surface area contributed by atoms with Crippen LogP contribution in [0.1, 0.15) is 0 Å². The van der Waals surface area contributed by atoms with Crippen LogP contribution in [-0.4, -0.2) is 18.4 Å². The van der Waals surface area contributed by atoms with Crippen LogP contribution < -0.4 is 5.32 Å². The molecule has 0 rings (SSSR count). The minimum Gasteiger partial charge on any atom is -0.381 e. The maximum absolute atomic E-state index is 11.5. The topological polar surface area (TPSA) is 32.3 Å². The molecule has 62 valence electrons. The lowest BCUT2D eigenvalue weighted by molar-refractivity contribution is 0.266. The maximum Gasteiger partial charge on any atom is 0.0934 e. The zero-order chi connectivity index (χ0) is 8.53. The Bertz CT molecular complexity index is 163. The SMILES string of the molecule is C=C/C(=C\C=C\F)CNCO. The molecule has 0 unspecified atom stereocenters. The van der Waals surface area contributed by atoms with Crippen LogP contribution in [-0.2, 0) is 0 Å². The molecule has 0 aromatic rings. The Hall–Kier alpha value is -0.930. The molecule has 0 aromatic carbocycles. The van der Waals surface area contributed by atoms with E-state index < -0.39 is 0 Å². The molecule has 0 aliphatic carbocycles. The molecular formula is C8H12FNO. The fourth-order valence-corrected chi connectivity index (χ4v) is 0.559. The summed E-state index contributed by atoms with van der Waals surface area (Å²) < 4.78 is 11.5. The lowest BCUT2D eigenvalue weighted by Gasteiger charge is -1.99. The Kier molecular flexibility index (Phi) is 6.57. The van der Waals surface area contributed by atoms with Crippen molar-refractivity contribution in [3.05, 3.63) is 36.7 Å². The fraction of sp³-hybridized carbons (Fsp3) is 0.250. The number of halogens is 1. The van der Waals surface area contributed by atoms with E-state index in [2.05, 4.69) is 11.9 Å². The fourth-order valence-electron chi connectivity index (χ4n) is 0.559. The van der Waals surface area contributed by atoms with Crippen molar-refractivity contribution in [1.29, 1.82) is 0 Å². The first-order valence-electron chi connectivity index (χ1n) is 3.25. The summed E-state index contributed by atoms with van der Waals surface area (Å²) in [5, 5.41) is 11.0. The largest absolute Gasteiger partial charge is 0.381 e. The van der Waals surface area contributed by atoms with Gasteiger partial charge in [0, 0.05) is 6.54 Å². The first-order valence-corrected chi connectivity index (χ1v) is 3.25. The van der Waals surface area contributed by atoms with Gasteiger partial charge in [-0.25, -0.2) is 4.39 Å². The van der Waals surface area contributed by atoms with Crippen LogP contribution in [0.15, 0.2) is 36.7 Å². The van der Waals surface area contributed by atoms with Crippen molar-refractivity contribution in [3.8, 4) is 0 Å². The van der Waals surface area contributed by atoms with E-state index in [1.165, 1.54) is 6.08 Å². The average molecular weight is 157 g/mol. The normalized spacial score (nSPS) is 12.4. The van der Waals surface area contributed by atoms with Gasteiger partial charge < -0.3 is 5.11 Å². The number of aliphatic hydroxyl groups excluding tert-OH is 1. The van der Waals surface area contributed by atoms with Crippen LogP contribution in [0, 0.1) is 0 Å². The maximum atomic E-state index is 11.5. The monoisotopic (exact) mass is 157 g/mol. The number of rotatable bonds is 5. The second-order valence-corrected chi connectivity index (χ2v) is 1.85. The summed E-state index contributed by atoms with van der Waals surface area (Å²) in [5.41, 5.74) is 0.827. The standard InChI is InChI=1S/C8H12FNO/c1-2-8(4-3-5-9)6-10-7-11/h2-5,10-11H,1,6-7H2/b5-3+,8-4+. The van der Waals surface area contributed by atoms with E-state index in [1.807, 2.05) is 0 Å². The van der Waals surface area contributed by atoms with Crippen molar-refractivity contribution in [3.63, 3.8) is 0 Å². The van der Waals surface area contributed by atoms with E-state index in [9.17, 15) is 4.39 Å². The molecule has 0 amide bonds. The van der Waals surface area contributed by atoms with Gasteiger partial charge in [0.15, 0.2) is 0 Å². The highest BCUT2D eigenvalue weighted by Gasteiger charge is 1.86. The highest BCUT2D eigenvalue weighted by atomic mass is 19.1. The van der Waals surface area contributed by atoms with Gasteiger partial charge in [-0.3, -0.25) is 5.32 Å². The first kappa shape index (κ1) is 10.1. The van der Waals surface area contributed by atoms with Crippen molar-refractivity contribution in [2.45, 2.75) is 0 Å². The summed E-state index contributed by atoms with van der Waals surface area (Å²) in [6, 6.07) is 0. The van der Waals surface area contributed by atoms with Gasteiger partial charge in [-0.1, -0.05) is 18.7 Å². The lowest BCUT2D eigenvalue weighted by atomic mass is 10.2. The Labute approximate surface area is 65.7 Å². The highest BCUT2D eigenvalue weighted by Crippen LogP contribution is 1.93. The van der Waals surface area contributed by atoms with Gasteiger partial charge >= 0.3 is 0 Å². The zero-order valence-corrected chi connectivity index (χ0v) is 6.26. The van der Waals surface area contributed by atoms with Crippen LogP contribution in [0.4, 0.5) is 4.39 Å². The Morgan fingerprint density at radius 2 is 2.36 bits per heavy atom. The van der Waals surface area contributed by atoms with Gasteiger partial charge in [-0.05, 0) is 11.6 Å². The average Bonchev–Trinajstić information content (AvgIpc) is 2.05. The molecule has 0 bridgehead atoms. The molecule has 0 aromatic heterocycles. The summed E-state index contributed by atoms with van der Waals surface area (Å²) in [6.45, 7) is 3.92. The van der Waals surface area contributed by atoms with E-state index >= 15 is 0 Å². The van der Waals surface area contributed by atoms with E-state index in [-0.39, 0.29) is 6.73 Å². The molecule has 0 radical (unpaired) electrons. The molecule has 11 heavy (non-hydrogen) atoms. The highest BCUT2D eigenvalue weighted by molar-refractivity contribution is 5.22. The van der Waals surface area contributed by atoms with Crippen molar-refractivity contribution < 1.29 is 9.50 Å². The van der Waals surface area contributed by atoms with Gasteiger partial charge in [-0.2, -0.15) is 0 Å². The number of nitrogens with one attached hydrogen (secondary N) is 1. The Morgan fingerprint density at radius 3 is 2.82 bits per heavy atom. The van der Waals surface area contributed by atoms with Crippen molar-refractivity contribution >= 4 is 0 Å². The molecule has 0 saturated carbocycles. The van der Waals surface area contributed by atoms with Crippen LogP contribution >= 0.6 is 0 Å². The van der Waals surface area contributed by atoms with Gasteiger partial charge in [0.2, 0.25) is 0 Å². The first-order chi connectivity index (χ1) is 5.35. The van der Waals surface area contributed by atoms with Crippen LogP contribution in [0.3, 0.4) is 0 Å². The second-order valence-electron chi connectivity index (χ2n) is 1.85. The summed E-state index contributed by atoms with van der Waals surface area (Å²) >= 11 is 0. The summed E-state index contributed by atoms with van der Waals surface area (Å²) in [5.74, 6) is 0. The van der Waals surface area contributed by atoms with Gasteiger partial charge in [0.1, 0.15) is 0 Å². The molecule has 2 N–H and O–H groups in total.